The predicted octanol–water partition coefficient (Wildman–Crippen LogP) is -1.62. The Hall–Kier alpha value is -1.44. The van der Waals surface area contributed by atoms with Crippen molar-refractivity contribution in [3.05, 3.63) is 33.1 Å². The second-order valence-corrected chi connectivity index (χ2v) is 4.47. The molecular weight excluding hydrogens is 228 g/mol. The van der Waals surface area contributed by atoms with Crippen molar-refractivity contribution in [3.63, 3.8) is 0 Å². The minimum absolute atomic E-state index is 0.131. The summed E-state index contributed by atoms with van der Waals surface area (Å²) in [5.74, 6) is -1.72. The van der Waals surface area contributed by atoms with Crippen molar-refractivity contribution in [1.29, 1.82) is 0 Å². The zero-order valence-electron chi connectivity index (χ0n) is 8.87. The second-order valence-electron chi connectivity index (χ2n) is 4.47. The lowest BCUT2D eigenvalue weighted by Crippen LogP contribution is -2.33. The van der Waals surface area contributed by atoms with Crippen LogP contribution in [0, 0.1) is 11.8 Å². The number of fused-ring (bicyclic) bond motifs is 1. The third kappa shape index (κ3) is 1.40. The Morgan fingerprint density at radius 2 is 2.35 bits per heavy atom. The van der Waals surface area contributed by atoms with E-state index in [1.54, 1.807) is 0 Å². The number of nitrogens with one attached hydrogen (secondary N) is 1. The highest BCUT2D eigenvalue weighted by atomic mass is 16.7. The summed E-state index contributed by atoms with van der Waals surface area (Å²) in [6.45, 7) is -0.131. The van der Waals surface area contributed by atoms with Crippen LogP contribution in [0.4, 0.5) is 0 Å². The van der Waals surface area contributed by atoms with Gasteiger partial charge < -0.3 is 14.9 Å². The van der Waals surface area contributed by atoms with E-state index in [-0.39, 0.29) is 18.4 Å². The number of ether oxygens (including phenoxy) is 1. The Balaban J connectivity index is 1.86. The van der Waals surface area contributed by atoms with Crippen molar-refractivity contribution in [2.75, 3.05) is 6.61 Å². The average Bonchev–Trinajstić information content (AvgIpc) is 2.64. The minimum atomic E-state index is -1.31. The van der Waals surface area contributed by atoms with Crippen LogP contribution in [0.5, 0.6) is 0 Å². The molecule has 1 aliphatic carbocycles. The molecule has 1 aliphatic heterocycles. The Morgan fingerprint density at radius 3 is 2.88 bits per heavy atom. The van der Waals surface area contributed by atoms with E-state index >= 15 is 0 Å². The molecule has 1 saturated carbocycles. The quantitative estimate of drug-likeness (QED) is 0.576. The maximum absolute atomic E-state index is 11.5. The van der Waals surface area contributed by atoms with Gasteiger partial charge in [0.25, 0.3) is 5.56 Å². The van der Waals surface area contributed by atoms with Gasteiger partial charge in [0.15, 0.2) is 5.79 Å². The summed E-state index contributed by atoms with van der Waals surface area (Å²) >= 11 is 0. The van der Waals surface area contributed by atoms with Crippen molar-refractivity contribution < 1.29 is 14.9 Å². The molecule has 2 unspecified atom stereocenters. The summed E-state index contributed by atoms with van der Waals surface area (Å²) in [5.41, 5.74) is -1.03. The predicted molar refractivity (Wildman–Crippen MR) is 55.1 cm³/mol. The second kappa shape index (κ2) is 3.28. The number of rotatable bonds is 2. The van der Waals surface area contributed by atoms with Crippen molar-refractivity contribution in [2.45, 2.75) is 18.4 Å². The van der Waals surface area contributed by atoms with Gasteiger partial charge in [-0.15, -0.1) is 0 Å². The molecule has 3 N–H and O–H groups in total. The van der Waals surface area contributed by atoms with Crippen LogP contribution < -0.4 is 11.2 Å². The highest BCUT2D eigenvalue weighted by Crippen LogP contribution is 2.61. The first-order valence-electron chi connectivity index (χ1n) is 5.39. The first kappa shape index (κ1) is 10.7. The summed E-state index contributed by atoms with van der Waals surface area (Å²) in [6.07, 6.45) is 1.21. The van der Waals surface area contributed by atoms with E-state index in [0.29, 0.717) is 6.42 Å². The molecule has 3 rings (SSSR count). The Kier molecular flexibility index (Phi) is 2.07. The van der Waals surface area contributed by atoms with Crippen LogP contribution in [0.3, 0.4) is 0 Å². The van der Waals surface area contributed by atoms with Crippen LogP contribution in [-0.2, 0) is 4.74 Å². The lowest BCUT2D eigenvalue weighted by atomic mass is 10.2. The Morgan fingerprint density at radius 1 is 1.59 bits per heavy atom. The van der Waals surface area contributed by atoms with E-state index in [4.69, 9.17) is 9.84 Å². The van der Waals surface area contributed by atoms with Gasteiger partial charge in [-0.25, -0.2) is 4.79 Å². The van der Waals surface area contributed by atoms with Crippen molar-refractivity contribution >= 4 is 0 Å². The maximum Gasteiger partial charge on any atom is 0.330 e. The van der Waals surface area contributed by atoms with Gasteiger partial charge in [0, 0.05) is 30.5 Å². The number of hydrogen-bond donors (Lipinski definition) is 3. The fraction of sp³-hybridized carbons (Fsp3) is 0.600. The lowest BCUT2D eigenvalue weighted by molar-refractivity contribution is -0.172. The molecule has 0 bridgehead atoms. The molecule has 17 heavy (non-hydrogen) atoms. The monoisotopic (exact) mass is 240 g/mol. The van der Waals surface area contributed by atoms with Crippen LogP contribution in [0.15, 0.2) is 21.9 Å². The summed E-state index contributed by atoms with van der Waals surface area (Å²) in [7, 11) is 0. The molecule has 0 spiro atoms. The maximum atomic E-state index is 11.5. The van der Waals surface area contributed by atoms with Gasteiger partial charge in [-0.2, -0.15) is 0 Å². The molecule has 2 aliphatic rings. The number of hydrogen-bond acceptors (Lipinski definition) is 5. The van der Waals surface area contributed by atoms with Crippen molar-refractivity contribution in [2.24, 2.45) is 11.8 Å². The number of nitrogens with zero attached hydrogens (tertiary/aromatic N) is 1. The van der Waals surface area contributed by atoms with E-state index in [9.17, 15) is 14.7 Å². The number of H-pyrrole nitrogens is 1. The van der Waals surface area contributed by atoms with Crippen LogP contribution in [-0.4, -0.2) is 32.2 Å². The summed E-state index contributed by atoms with van der Waals surface area (Å²) in [6, 6.07) is 1.22. The summed E-state index contributed by atoms with van der Waals surface area (Å²) in [4.78, 5) is 24.5. The zero-order chi connectivity index (χ0) is 12.2. The fourth-order valence-electron chi connectivity index (χ4n) is 2.57. The molecule has 4 atom stereocenters. The number of aromatic nitrogens is 2. The van der Waals surface area contributed by atoms with E-state index in [2.05, 4.69) is 4.98 Å². The minimum Gasteiger partial charge on any atom is -0.396 e. The third-order valence-electron chi connectivity index (χ3n) is 3.58. The van der Waals surface area contributed by atoms with Crippen molar-refractivity contribution in [1.82, 2.24) is 9.55 Å². The van der Waals surface area contributed by atoms with Gasteiger partial charge in [-0.05, 0) is 0 Å². The molecule has 0 aromatic carbocycles. The van der Waals surface area contributed by atoms with Crippen LogP contribution >= 0.6 is 0 Å². The highest BCUT2D eigenvalue weighted by molar-refractivity contribution is 5.10. The van der Waals surface area contributed by atoms with E-state index in [0.717, 1.165) is 0 Å². The van der Waals surface area contributed by atoms with Crippen LogP contribution in [0.1, 0.15) is 12.6 Å². The molecule has 0 radical (unpaired) electrons. The van der Waals surface area contributed by atoms with Crippen LogP contribution in [0.2, 0.25) is 0 Å². The average molecular weight is 240 g/mol. The molecule has 0 amide bonds. The topological polar surface area (TPSA) is 105 Å². The molecule has 92 valence electrons. The van der Waals surface area contributed by atoms with E-state index < -0.39 is 23.3 Å². The molecule has 2 fully saturated rings. The Labute approximate surface area is 95.3 Å². The van der Waals surface area contributed by atoms with Gasteiger partial charge >= 0.3 is 5.69 Å². The zero-order valence-corrected chi connectivity index (χ0v) is 8.87. The summed E-state index contributed by atoms with van der Waals surface area (Å²) in [5, 5.41) is 18.9. The molecule has 2 heterocycles. The molecule has 7 heteroatoms. The Bertz CT molecular complexity index is 564. The molecule has 1 aromatic rings. The highest BCUT2D eigenvalue weighted by Gasteiger charge is 2.70. The molecule has 7 nitrogen and oxygen atoms in total. The largest absolute Gasteiger partial charge is 0.396 e. The van der Waals surface area contributed by atoms with Gasteiger partial charge in [-0.3, -0.25) is 14.3 Å². The fourth-order valence-corrected chi connectivity index (χ4v) is 2.57. The smallest absolute Gasteiger partial charge is 0.330 e. The standard InChI is InChI=1S/C10H12N2O5/c13-4-6-5-3-8(17-10(5,6)16)12-2-1-7(14)11-9(12)15/h1-2,5-6,8,13,16H,3-4H2,(H,11,14,15)/t5?,6-,8+,10?/m0/s1. The number of aromatic amines is 1. The number of aliphatic hydroxyl groups is 2. The first-order valence-corrected chi connectivity index (χ1v) is 5.39. The van der Waals surface area contributed by atoms with E-state index in [1.165, 1.54) is 16.8 Å². The molecule has 1 aromatic heterocycles. The first-order chi connectivity index (χ1) is 8.06. The van der Waals surface area contributed by atoms with Gasteiger partial charge in [-0.1, -0.05) is 0 Å². The van der Waals surface area contributed by atoms with Gasteiger partial charge in [0.1, 0.15) is 6.23 Å². The van der Waals surface area contributed by atoms with Crippen molar-refractivity contribution in [3.8, 4) is 0 Å². The summed E-state index contributed by atoms with van der Waals surface area (Å²) < 4.78 is 6.61. The third-order valence-corrected chi connectivity index (χ3v) is 3.58. The van der Waals surface area contributed by atoms with Gasteiger partial charge in [0.2, 0.25) is 0 Å². The lowest BCUT2D eigenvalue weighted by Gasteiger charge is -2.18. The molecular formula is C10H12N2O5. The van der Waals surface area contributed by atoms with Gasteiger partial charge in [0.05, 0.1) is 6.61 Å². The SMILES string of the molecule is O=c1ccn([C@H]2CC3[C@H](CO)C3(O)O2)c(=O)[nH]1. The molecule has 1 saturated heterocycles. The van der Waals surface area contributed by atoms with Crippen LogP contribution in [0.25, 0.3) is 0 Å². The number of aliphatic hydroxyl groups excluding tert-OH is 1. The normalized spacial score (nSPS) is 39.1. The van der Waals surface area contributed by atoms with E-state index in [1.807, 2.05) is 0 Å².